The fraction of sp³-hybridized carbons (Fsp3) is 0.125. The van der Waals surface area contributed by atoms with Crippen LogP contribution in [0.4, 0.5) is 0 Å². The molecule has 0 fully saturated rings. The first-order chi connectivity index (χ1) is 10.2. The zero-order valence-corrected chi connectivity index (χ0v) is 14.1. The predicted octanol–water partition coefficient (Wildman–Crippen LogP) is 4.73. The molecule has 0 saturated carbocycles. The monoisotopic (exact) mass is 359 g/mol. The van der Waals surface area contributed by atoms with E-state index in [9.17, 15) is 0 Å². The first kappa shape index (κ1) is 14.4. The molecule has 5 heteroatoms. The summed E-state index contributed by atoms with van der Waals surface area (Å²) in [6, 6.07) is 16.2. The molecule has 0 radical (unpaired) electrons. The number of benzene rings is 2. The van der Waals surface area contributed by atoms with Gasteiger partial charge in [-0.1, -0.05) is 58.0 Å². The maximum atomic E-state index is 4.68. The number of aromatic nitrogens is 3. The van der Waals surface area contributed by atoms with E-state index in [1.807, 2.05) is 47.3 Å². The Labute approximate surface area is 136 Å². The lowest BCUT2D eigenvalue weighted by Gasteiger charge is -2.07. The lowest BCUT2D eigenvalue weighted by Crippen LogP contribution is -2.00. The third kappa shape index (κ3) is 2.89. The number of hydrogen-bond acceptors (Lipinski definition) is 3. The van der Waals surface area contributed by atoms with Crippen molar-refractivity contribution in [1.29, 1.82) is 0 Å². The Hall–Kier alpha value is -1.59. The number of nitrogens with zero attached hydrogens (tertiary/aromatic N) is 3. The van der Waals surface area contributed by atoms with Crippen LogP contribution >= 0.6 is 27.7 Å². The quantitative estimate of drug-likeness (QED) is 0.633. The number of thioether (sulfide) groups is 1. The van der Waals surface area contributed by atoms with Gasteiger partial charge in [0.15, 0.2) is 11.0 Å². The Morgan fingerprint density at radius 3 is 2.52 bits per heavy atom. The summed E-state index contributed by atoms with van der Waals surface area (Å²) in [5.41, 5.74) is 3.24. The summed E-state index contributed by atoms with van der Waals surface area (Å²) in [7, 11) is 0. The maximum absolute atomic E-state index is 4.68. The molecule has 106 valence electrons. The number of aryl methyl sites for hydroxylation is 1. The topological polar surface area (TPSA) is 30.7 Å². The van der Waals surface area contributed by atoms with Gasteiger partial charge in [-0.2, -0.15) is 0 Å². The van der Waals surface area contributed by atoms with Gasteiger partial charge < -0.3 is 0 Å². The van der Waals surface area contributed by atoms with E-state index in [0.29, 0.717) is 0 Å². The summed E-state index contributed by atoms with van der Waals surface area (Å²) in [6.07, 6.45) is 2.02. The second-order valence-electron chi connectivity index (χ2n) is 4.63. The molecule has 0 aliphatic heterocycles. The molecule has 0 unspecified atom stereocenters. The molecule has 1 heterocycles. The van der Waals surface area contributed by atoms with E-state index in [-0.39, 0.29) is 0 Å². The highest BCUT2D eigenvalue weighted by Crippen LogP contribution is 2.26. The summed E-state index contributed by atoms with van der Waals surface area (Å²) in [4.78, 5) is 4.64. The Balaban J connectivity index is 2.12. The third-order valence-electron chi connectivity index (χ3n) is 3.18. The van der Waals surface area contributed by atoms with E-state index in [1.54, 1.807) is 11.8 Å². The third-order valence-corrected chi connectivity index (χ3v) is 4.30. The molecule has 0 atom stereocenters. The van der Waals surface area contributed by atoms with Gasteiger partial charge in [-0.15, -0.1) is 5.10 Å². The standard InChI is InChI=1S/C16H14BrN3S/c1-11-10-13(17)8-9-14(11)20-16(21-2)18-15(19-20)12-6-4-3-5-7-12/h3-10H,1-2H3. The summed E-state index contributed by atoms with van der Waals surface area (Å²) in [5, 5.41) is 5.57. The largest absolute Gasteiger partial charge is 0.207 e. The molecule has 0 bridgehead atoms. The minimum Gasteiger partial charge on any atom is -0.207 e. The molecule has 0 aliphatic rings. The van der Waals surface area contributed by atoms with Crippen molar-refractivity contribution in [2.24, 2.45) is 0 Å². The van der Waals surface area contributed by atoms with Gasteiger partial charge in [0.05, 0.1) is 5.69 Å². The lowest BCUT2D eigenvalue weighted by atomic mass is 10.2. The van der Waals surface area contributed by atoms with Gasteiger partial charge in [0.2, 0.25) is 0 Å². The van der Waals surface area contributed by atoms with Crippen LogP contribution in [0.5, 0.6) is 0 Å². The minimum absolute atomic E-state index is 0.752. The van der Waals surface area contributed by atoms with Crippen LogP contribution in [0.15, 0.2) is 58.2 Å². The normalized spacial score (nSPS) is 10.8. The van der Waals surface area contributed by atoms with Crippen LogP contribution in [-0.2, 0) is 0 Å². The molecule has 3 nitrogen and oxygen atoms in total. The molecule has 3 rings (SSSR count). The fourth-order valence-electron chi connectivity index (χ4n) is 2.15. The maximum Gasteiger partial charge on any atom is 0.191 e. The predicted molar refractivity (Wildman–Crippen MR) is 91.0 cm³/mol. The first-order valence-corrected chi connectivity index (χ1v) is 8.54. The van der Waals surface area contributed by atoms with Crippen LogP contribution in [0.2, 0.25) is 0 Å². The molecule has 0 amide bonds. The zero-order valence-electron chi connectivity index (χ0n) is 11.7. The molecular weight excluding hydrogens is 346 g/mol. The fourth-order valence-corrected chi connectivity index (χ4v) is 3.12. The van der Waals surface area contributed by atoms with Crippen molar-refractivity contribution in [3.8, 4) is 17.1 Å². The van der Waals surface area contributed by atoms with Gasteiger partial charge in [-0.3, -0.25) is 0 Å². The van der Waals surface area contributed by atoms with Crippen molar-refractivity contribution in [3.05, 3.63) is 58.6 Å². The Morgan fingerprint density at radius 2 is 1.86 bits per heavy atom. The van der Waals surface area contributed by atoms with Crippen molar-refractivity contribution in [2.45, 2.75) is 12.1 Å². The van der Waals surface area contributed by atoms with E-state index in [4.69, 9.17) is 0 Å². The van der Waals surface area contributed by atoms with Crippen LogP contribution in [0.3, 0.4) is 0 Å². The Bertz CT molecular complexity index is 768. The first-order valence-electron chi connectivity index (χ1n) is 6.52. The van der Waals surface area contributed by atoms with Crippen molar-refractivity contribution in [1.82, 2.24) is 14.8 Å². The highest BCUT2D eigenvalue weighted by atomic mass is 79.9. The van der Waals surface area contributed by atoms with E-state index >= 15 is 0 Å². The van der Waals surface area contributed by atoms with E-state index < -0.39 is 0 Å². The summed E-state index contributed by atoms with van der Waals surface area (Å²) < 4.78 is 2.98. The molecule has 21 heavy (non-hydrogen) atoms. The van der Waals surface area contributed by atoms with Crippen molar-refractivity contribution in [2.75, 3.05) is 6.26 Å². The number of halogens is 1. The van der Waals surface area contributed by atoms with E-state index in [2.05, 4.69) is 45.1 Å². The van der Waals surface area contributed by atoms with Crippen molar-refractivity contribution < 1.29 is 0 Å². The molecule has 3 aromatic rings. The molecule has 0 aliphatic carbocycles. The second-order valence-corrected chi connectivity index (χ2v) is 6.32. The molecule has 1 aromatic heterocycles. The molecular formula is C16H14BrN3S. The van der Waals surface area contributed by atoms with Crippen LogP contribution in [0.25, 0.3) is 17.1 Å². The highest BCUT2D eigenvalue weighted by Gasteiger charge is 2.13. The van der Waals surface area contributed by atoms with Crippen LogP contribution in [0, 0.1) is 6.92 Å². The smallest absolute Gasteiger partial charge is 0.191 e. The molecule has 0 N–H and O–H groups in total. The lowest BCUT2D eigenvalue weighted by molar-refractivity contribution is 0.782. The van der Waals surface area contributed by atoms with Crippen molar-refractivity contribution >= 4 is 27.7 Å². The summed E-state index contributed by atoms with van der Waals surface area (Å²) in [5.74, 6) is 0.752. The van der Waals surface area contributed by atoms with Crippen LogP contribution < -0.4 is 0 Å². The van der Waals surface area contributed by atoms with Crippen molar-refractivity contribution in [3.63, 3.8) is 0 Å². The SMILES string of the molecule is CSc1nc(-c2ccccc2)nn1-c1ccc(Br)cc1C. The van der Waals surface area contributed by atoms with Gasteiger partial charge in [-0.05, 0) is 36.9 Å². The number of rotatable bonds is 3. The zero-order chi connectivity index (χ0) is 14.8. The Kier molecular flexibility index (Phi) is 4.12. The summed E-state index contributed by atoms with van der Waals surface area (Å²) in [6.45, 7) is 2.08. The van der Waals surface area contributed by atoms with E-state index in [1.165, 1.54) is 0 Å². The molecule has 0 spiro atoms. The van der Waals surface area contributed by atoms with Crippen LogP contribution in [-0.4, -0.2) is 21.0 Å². The van der Waals surface area contributed by atoms with Gasteiger partial charge in [0.1, 0.15) is 0 Å². The van der Waals surface area contributed by atoms with Crippen LogP contribution in [0.1, 0.15) is 5.56 Å². The average molecular weight is 360 g/mol. The van der Waals surface area contributed by atoms with Gasteiger partial charge in [-0.25, -0.2) is 9.67 Å². The highest BCUT2D eigenvalue weighted by molar-refractivity contribution is 9.10. The minimum atomic E-state index is 0.752. The summed E-state index contributed by atoms with van der Waals surface area (Å²) >= 11 is 5.09. The molecule has 2 aromatic carbocycles. The average Bonchev–Trinajstić information content (AvgIpc) is 2.92. The molecule has 0 saturated heterocycles. The van der Waals surface area contributed by atoms with E-state index in [0.717, 1.165) is 32.3 Å². The van der Waals surface area contributed by atoms with Gasteiger partial charge in [0, 0.05) is 10.0 Å². The second kappa shape index (κ2) is 6.03. The van der Waals surface area contributed by atoms with Gasteiger partial charge >= 0.3 is 0 Å². The van der Waals surface area contributed by atoms with Gasteiger partial charge in [0.25, 0.3) is 0 Å². The number of hydrogen-bond donors (Lipinski definition) is 0. The Morgan fingerprint density at radius 1 is 1.10 bits per heavy atom.